The first kappa shape index (κ1) is 23.2. The zero-order chi connectivity index (χ0) is 20.3. The Balaban J connectivity index is 2.55. The summed E-state index contributed by atoms with van der Waals surface area (Å²) in [5.74, 6) is 0.748. The molecule has 27 heavy (non-hydrogen) atoms. The average molecular weight is 398 g/mol. The predicted octanol–water partition coefficient (Wildman–Crippen LogP) is 3.24. The van der Waals surface area contributed by atoms with Gasteiger partial charge < -0.3 is 20.7 Å². The fourth-order valence-corrected chi connectivity index (χ4v) is 3.17. The van der Waals surface area contributed by atoms with E-state index in [-0.39, 0.29) is 6.04 Å². The molecule has 1 amide bonds. The van der Waals surface area contributed by atoms with Crippen molar-refractivity contribution in [3.8, 4) is 0 Å². The summed E-state index contributed by atoms with van der Waals surface area (Å²) >= 11 is 1.72. The van der Waals surface area contributed by atoms with Crippen molar-refractivity contribution in [2.24, 2.45) is 4.99 Å². The summed E-state index contributed by atoms with van der Waals surface area (Å²) in [4.78, 5) is 22.3. The summed E-state index contributed by atoms with van der Waals surface area (Å²) in [7, 11) is 0. The van der Waals surface area contributed by atoms with E-state index in [9.17, 15) is 4.79 Å². The number of ether oxygens (including phenoxy) is 1. The molecule has 0 spiro atoms. The Labute approximate surface area is 167 Å². The van der Waals surface area contributed by atoms with Crippen LogP contribution >= 0.6 is 11.3 Å². The fraction of sp³-hybridized carbons (Fsp3) is 0.737. The van der Waals surface area contributed by atoms with Gasteiger partial charge in [0.2, 0.25) is 0 Å². The minimum absolute atomic E-state index is 0.0538. The van der Waals surface area contributed by atoms with Crippen molar-refractivity contribution in [1.82, 2.24) is 20.9 Å². The minimum Gasteiger partial charge on any atom is -0.444 e. The lowest BCUT2D eigenvalue weighted by Crippen LogP contribution is -2.43. The molecule has 8 heteroatoms. The molecule has 1 heterocycles. The lowest BCUT2D eigenvalue weighted by atomic mass is 10.1. The van der Waals surface area contributed by atoms with Crippen LogP contribution in [-0.4, -0.2) is 48.3 Å². The SMILES string of the molecule is CCCC(CN=C(NCC)NCCc1ncc(C)s1)NC(=O)OC(C)(C)C. The summed E-state index contributed by atoms with van der Waals surface area (Å²) in [5, 5.41) is 10.6. The molecule has 0 bridgehead atoms. The van der Waals surface area contributed by atoms with E-state index in [0.717, 1.165) is 43.3 Å². The summed E-state index contributed by atoms with van der Waals surface area (Å²) in [5.41, 5.74) is -0.505. The van der Waals surface area contributed by atoms with Crippen LogP contribution in [0.3, 0.4) is 0 Å². The molecule has 1 unspecified atom stereocenters. The van der Waals surface area contributed by atoms with Crippen molar-refractivity contribution in [2.75, 3.05) is 19.6 Å². The smallest absolute Gasteiger partial charge is 0.407 e. The van der Waals surface area contributed by atoms with E-state index >= 15 is 0 Å². The number of nitrogens with zero attached hydrogens (tertiary/aromatic N) is 2. The van der Waals surface area contributed by atoms with Gasteiger partial charge in [0.1, 0.15) is 5.60 Å². The van der Waals surface area contributed by atoms with Gasteiger partial charge in [-0.25, -0.2) is 9.78 Å². The molecule has 3 N–H and O–H groups in total. The number of aromatic nitrogens is 1. The number of guanidine groups is 1. The van der Waals surface area contributed by atoms with Crippen LogP contribution in [0.4, 0.5) is 4.79 Å². The van der Waals surface area contributed by atoms with E-state index in [1.807, 2.05) is 33.9 Å². The highest BCUT2D eigenvalue weighted by Crippen LogP contribution is 2.11. The number of alkyl carbamates (subject to hydrolysis) is 1. The Morgan fingerprint density at radius 3 is 2.63 bits per heavy atom. The van der Waals surface area contributed by atoms with Gasteiger partial charge in [-0.3, -0.25) is 4.99 Å². The maximum absolute atomic E-state index is 12.0. The Morgan fingerprint density at radius 1 is 1.33 bits per heavy atom. The quantitative estimate of drug-likeness (QED) is 0.440. The number of nitrogens with one attached hydrogen (secondary N) is 3. The number of rotatable bonds is 9. The topological polar surface area (TPSA) is 87.6 Å². The molecule has 154 valence electrons. The molecule has 0 aliphatic heterocycles. The van der Waals surface area contributed by atoms with Crippen LogP contribution < -0.4 is 16.0 Å². The van der Waals surface area contributed by atoms with Crippen molar-refractivity contribution in [3.05, 3.63) is 16.1 Å². The average Bonchev–Trinajstić information content (AvgIpc) is 2.96. The normalized spacial score (nSPS) is 13.2. The number of amides is 1. The van der Waals surface area contributed by atoms with E-state index in [2.05, 4.69) is 39.8 Å². The van der Waals surface area contributed by atoms with Crippen LogP contribution in [0.1, 0.15) is 57.3 Å². The van der Waals surface area contributed by atoms with Gasteiger partial charge in [0.15, 0.2) is 5.96 Å². The number of hydrogen-bond donors (Lipinski definition) is 3. The number of thiazole rings is 1. The molecule has 1 atom stereocenters. The van der Waals surface area contributed by atoms with Crippen LogP contribution in [-0.2, 0) is 11.2 Å². The second-order valence-electron chi connectivity index (χ2n) is 7.39. The van der Waals surface area contributed by atoms with E-state index < -0.39 is 11.7 Å². The third-order valence-electron chi connectivity index (χ3n) is 3.47. The van der Waals surface area contributed by atoms with E-state index in [1.54, 1.807) is 11.3 Å². The lowest BCUT2D eigenvalue weighted by Gasteiger charge is -2.23. The molecule has 7 nitrogen and oxygen atoms in total. The molecule has 0 aromatic carbocycles. The van der Waals surface area contributed by atoms with Crippen molar-refractivity contribution in [2.45, 2.75) is 72.4 Å². The number of carbonyl (C=O) groups is 1. The Hall–Kier alpha value is -1.83. The van der Waals surface area contributed by atoms with Gasteiger partial charge in [-0.2, -0.15) is 0 Å². The van der Waals surface area contributed by atoms with Crippen molar-refractivity contribution >= 4 is 23.4 Å². The van der Waals surface area contributed by atoms with Crippen LogP contribution in [0.2, 0.25) is 0 Å². The third-order valence-corrected chi connectivity index (χ3v) is 4.45. The maximum atomic E-state index is 12.0. The maximum Gasteiger partial charge on any atom is 0.407 e. The third kappa shape index (κ3) is 10.8. The highest BCUT2D eigenvalue weighted by molar-refractivity contribution is 7.11. The largest absolute Gasteiger partial charge is 0.444 e. The summed E-state index contributed by atoms with van der Waals surface area (Å²) < 4.78 is 5.35. The Bertz CT molecular complexity index is 595. The first-order valence-corrected chi connectivity index (χ1v) is 10.5. The van der Waals surface area contributed by atoms with Gasteiger partial charge in [0.25, 0.3) is 0 Å². The van der Waals surface area contributed by atoms with Gasteiger partial charge in [-0.1, -0.05) is 13.3 Å². The molecule has 1 rings (SSSR count). The molecule has 1 aromatic heterocycles. The Kier molecular flexibility index (Phi) is 10.1. The Morgan fingerprint density at radius 2 is 2.07 bits per heavy atom. The highest BCUT2D eigenvalue weighted by Gasteiger charge is 2.19. The van der Waals surface area contributed by atoms with Gasteiger partial charge in [-0.05, 0) is 41.0 Å². The number of aryl methyl sites for hydroxylation is 1. The van der Waals surface area contributed by atoms with Crippen molar-refractivity contribution in [1.29, 1.82) is 0 Å². The van der Waals surface area contributed by atoms with Crippen LogP contribution in [0, 0.1) is 6.92 Å². The number of hydrogen-bond acceptors (Lipinski definition) is 5. The molecular formula is C19H35N5O2S. The van der Waals surface area contributed by atoms with E-state index in [0.29, 0.717) is 6.54 Å². The van der Waals surface area contributed by atoms with E-state index in [4.69, 9.17) is 4.74 Å². The molecule has 0 radical (unpaired) electrons. The summed E-state index contributed by atoms with van der Waals surface area (Å²) in [6, 6.07) is -0.0538. The second kappa shape index (κ2) is 11.8. The van der Waals surface area contributed by atoms with Crippen molar-refractivity contribution < 1.29 is 9.53 Å². The summed E-state index contributed by atoms with van der Waals surface area (Å²) in [6.45, 7) is 13.8. The fourth-order valence-electron chi connectivity index (χ4n) is 2.38. The molecule has 0 saturated carbocycles. The molecule has 0 aliphatic carbocycles. The zero-order valence-electron chi connectivity index (χ0n) is 17.5. The van der Waals surface area contributed by atoms with Gasteiger partial charge in [-0.15, -0.1) is 11.3 Å². The van der Waals surface area contributed by atoms with Gasteiger partial charge >= 0.3 is 6.09 Å². The molecule has 0 saturated heterocycles. The van der Waals surface area contributed by atoms with Crippen molar-refractivity contribution in [3.63, 3.8) is 0 Å². The predicted molar refractivity (Wildman–Crippen MR) is 113 cm³/mol. The standard InChI is InChI=1S/C19H35N5O2S/c1-7-9-15(24-18(25)26-19(4,5)6)13-23-17(20-8-2)21-11-10-16-22-12-14(3)27-16/h12,15H,7-11,13H2,1-6H3,(H,24,25)(H2,20,21,23). The van der Waals surface area contributed by atoms with Gasteiger partial charge in [0.05, 0.1) is 17.6 Å². The second-order valence-corrected chi connectivity index (χ2v) is 8.71. The van der Waals surface area contributed by atoms with Crippen LogP contribution in [0.15, 0.2) is 11.2 Å². The molecular weight excluding hydrogens is 362 g/mol. The number of aliphatic imine (C=N–C) groups is 1. The highest BCUT2D eigenvalue weighted by atomic mass is 32.1. The lowest BCUT2D eigenvalue weighted by molar-refractivity contribution is 0.0503. The summed E-state index contributed by atoms with van der Waals surface area (Å²) in [6.07, 6.45) is 4.17. The minimum atomic E-state index is -0.505. The van der Waals surface area contributed by atoms with Crippen LogP contribution in [0.25, 0.3) is 0 Å². The monoisotopic (exact) mass is 397 g/mol. The van der Waals surface area contributed by atoms with Crippen LogP contribution in [0.5, 0.6) is 0 Å². The first-order valence-electron chi connectivity index (χ1n) is 9.66. The molecule has 0 aliphatic rings. The molecule has 0 fully saturated rings. The number of carbonyl (C=O) groups excluding carboxylic acids is 1. The zero-order valence-corrected chi connectivity index (χ0v) is 18.3. The molecule has 1 aromatic rings. The van der Waals surface area contributed by atoms with E-state index in [1.165, 1.54) is 4.88 Å². The first-order chi connectivity index (χ1) is 12.7. The van der Waals surface area contributed by atoms with Gasteiger partial charge in [0, 0.05) is 30.6 Å².